The maximum Gasteiger partial charge on any atom is 0.256 e. The Kier molecular flexibility index (Phi) is 6.13. The summed E-state index contributed by atoms with van der Waals surface area (Å²) >= 11 is 0. The zero-order valence-corrected chi connectivity index (χ0v) is 18.0. The monoisotopic (exact) mass is 421 g/mol. The number of amides is 1. The molecule has 0 saturated carbocycles. The number of rotatable bonds is 6. The Bertz CT molecular complexity index is 1260. The highest BCUT2D eigenvalue weighted by atomic mass is 16.5. The van der Waals surface area contributed by atoms with Gasteiger partial charge in [0.25, 0.3) is 5.91 Å². The van der Waals surface area contributed by atoms with E-state index in [1.54, 1.807) is 43.5 Å². The van der Waals surface area contributed by atoms with Crippen molar-refractivity contribution in [1.29, 1.82) is 0 Å². The first-order chi connectivity index (χ1) is 15.6. The second-order valence-electron chi connectivity index (χ2n) is 7.47. The Balaban J connectivity index is 1.68. The Morgan fingerprint density at radius 1 is 0.750 bits per heavy atom. The summed E-state index contributed by atoms with van der Waals surface area (Å²) in [5, 5.41) is 2.95. The van der Waals surface area contributed by atoms with Crippen LogP contribution in [-0.2, 0) is 0 Å². The third-order valence-electron chi connectivity index (χ3n) is 5.28. The van der Waals surface area contributed by atoms with Crippen LogP contribution < -0.4 is 10.1 Å². The van der Waals surface area contributed by atoms with Gasteiger partial charge in [-0.25, -0.2) is 0 Å². The van der Waals surface area contributed by atoms with Crippen molar-refractivity contribution in [2.45, 2.75) is 6.92 Å². The number of methoxy groups -OCH3 is 1. The van der Waals surface area contributed by atoms with Crippen LogP contribution in [-0.4, -0.2) is 18.8 Å². The first-order valence-electron chi connectivity index (χ1n) is 10.3. The van der Waals surface area contributed by atoms with E-state index in [-0.39, 0.29) is 11.7 Å². The van der Waals surface area contributed by atoms with Gasteiger partial charge in [-0.05, 0) is 48.4 Å². The van der Waals surface area contributed by atoms with Gasteiger partial charge in [0, 0.05) is 16.7 Å². The summed E-state index contributed by atoms with van der Waals surface area (Å²) in [5.74, 6) is 0.339. The number of hydrogen-bond acceptors (Lipinski definition) is 3. The van der Waals surface area contributed by atoms with Crippen molar-refractivity contribution in [3.8, 4) is 16.9 Å². The fourth-order valence-electron chi connectivity index (χ4n) is 3.59. The van der Waals surface area contributed by atoms with Gasteiger partial charge in [-0.1, -0.05) is 72.3 Å². The number of ether oxygens (including phenoxy) is 1. The van der Waals surface area contributed by atoms with Gasteiger partial charge < -0.3 is 10.1 Å². The predicted molar refractivity (Wildman–Crippen MR) is 127 cm³/mol. The van der Waals surface area contributed by atoms with E-state index in [4.69, 9.17) is 4.74 Å². The smallest absolute Gasteiger partial charge is 0.256 e. The summed E-state index contributed by atoms with van der Waals surface area (Å²) in [6.07, 6.45) is 0. The number of carbonyl (C=O) groups is 2. The van der Waals surface area contributed by atoms with E-state index in [0.29, 0.717) is 22.4 Å². The fourth-order valence-corrected chi connectivity index (χ4v) is 3.59. The molecule has 1 amide bonds. The van der Waals surface area contributed by atoms with Gasteiger partial charge in [-0.2, -0.15) is 0 Å². The summed E-state index contributed by atoms with van der Waals surface area (Å²) in [5.41, 5.74) is 4.81. The van der Waals surface area contributed by atoms with Crippen LogP contribution >= 0.6 is 0 Å². The minimum absolute atomic E-state index is 0.138. The molecular weight excluding hydrogens is 398 g/mol. The van der Waals surface area contributed by atoms with Crippen LogP contribution in [0, 0.1) is 6.92 Å². The molecule has 0 aliphatic rings. The third kappa shape index (κ3) is 4.44. The number of para-hydroxylation sites is 1. The van der Waals surface area contributed by atoms with Crippen molar-refractivity contribution in [1.82, 2.24) is 0 Å². The standard InChI is InChI=1S/C28H23NO3/c1-19-12-17-23(25(18-19)20-13-15-22(32-2)16-14-20)28(31)29-26-11-7-6-10-24(26)27(30)21-8-4-3-5-9-21/h3-18H,1-2H3,(H,29,31). The van der Waals surface area contributed by atoms with Crippen molar-refractivity contribution in [2.75, 3.05) is 12.4 Å². The third-order valence-corrected chi connectivity index (χ3v) is 5.28. The van der Waals surface area contributed by atoms with Gasteiger partial charge in [-0.3, -0.25) is 9.59 Å². The molecule has 32 heavy (non-hydrogen) atoms. The zero-order valence-electron chi connectivity index (χ0n) is 18.0. The molecule has 0 unspecified atom stereocenters. The second kappa shape index (κ2) is 9.31. The molecule has 4 heteroatoms. The first kappa shape index (κ1) is 21.1. The normalized spacial score (nSPS) is 10.4. The number of benzene rings is 4. The van der Waals surface area contributed by atoms with E-state index in [2.05, 4.69) is 5.32 Å². The largest absolute Gasteiger partial charge is 0.497 e. The number of aryl methyl sites for hydroxylation is 1. The highest BCUT2D eigenvalue weighted by Crippen LogP contribution is 2.28. The number of hydrogen-bond donors (Lipinski definition) is 1. The van der Waals surface area contributed by atoms with Crippen LogP contribution in [0.2, 0.25) is 0 Å². The molecule has 0 aromatic heterocycles. The summed E-state index contributed by atoms with van der Waals surface area (Å²) in [6.45, 7) is 1.99. The molecule has 0 atom stereocenters. The average Bonchev–Trinajstić information content (AvgIpc) is 2.84. The van der Waals surface area contributed by atoms with Crippen LogP contribution in [0.25, 0.3) is 11.1 Å². The molecule has 0 bridgehead atoms. The zero-order chi connectivity index (χ0) is 22.5. The van der Waals surface area contributed by atoms with Crippen molar-refractivity contribution in [3.05, 3.63) is 119 Å². The molecule has 4 aromatic carbocycles. The Morgan fingerprint density at radius 2 is 1.44 bits per heavy atom. The van der Waals surface area contributed by atoms with Gasteiger partial charge in [0.1, 0.15) is 5.75 Å². The number of anilines is 1. The highest BCUT2D eigenvalue weighted by molar-refractivity contribution is 6.16. The van der Waals surface area contributed by atoms with Crippen molar-refractivity contribution < 1.29 is 14.3 Å². The summed E-state index contributed by atoms with van der Waals surface area (Å²) in [6, 6.07) is 29.4. The van der Waals surface area contributed by atoms with Crippen LogP contribution in [0.15, 0.2) is 97.1 Å². The van der Waals surface area contributed by atoms with E-state index in [9.17, 15) is 9.59 Å². The average molecular weight is 421 g/mol. The van der Waals surface area contributed by atoms with Crippen LogP contribution in [0.3, 0.4) is 0 Å². The topological polar surface area (TPSA) is 55.4 Å². The Labute approximate surface area is 187 Å². The molecule has 4 aromatic rings. The Hall–Kier alpha value is -4.18. The molecule has 158 valence electrons. The minimum atomic E-state index is -0.274. The summed E-state index contributed by atoms with van der Waals surface area (Å²) in [7, 11) is 1.62. The van der Waals surface area contributed by atoms with Crippen molar-refractivity contribution in [2.24, 2.45) is 0 Å². The van der Waals surface area contributed by atoms with Gasteiger partial charge in [0.2, 0.25) is 0 Å². The SMILES string of the molecule is COc1ccc(-c2cc(C)ccc2C(=O)Nc2ccccc2C(=O)c2ccccc2)cc1. The number of nitrogens with one attached hydrogen (secondary N) is 1. The van der Waals surface area contributed by atoms with Gasteiger partial charge in [-0.15, -0.1) is 0 Å². The van der Waals surface area contributed by atoms with Crippen molar-refractivity contribution >= 4 is 17.4 Å². The van der Waals surface area contributed by atoms with Gasteiger partial charge >= 0.3 is 0 Å². The fraction of sp³-hybridized carbons (Fsp3) is 0.0714. The lowest BCUT2D eigenvalue weighted by Gasteiger charge is -2.14. The van der Waals surface area contributed by atoms with Crippen molar-refractivity contribution in [3.63, 3.8) is 0 Å². The summed E-state index contributed by atoms with van der Waals surface area (Å²) in [4.78, 5) is 26.3. The van der Waals surface area contributed by atoms with Crippen LogP contribution in [0.1, 0.15) is 31.8 Å². The van der Waals surface area contributed by atoms with E-state index in [0.717, 1.165) is 22.4 Å². The second-order valence-corrected chi connectivity index (χ2v) is 7.47. The van der Waals surface area contributed by atoms with Crippen LogP contribution in [0.5, 0.6) is 5.75 Å². The summed E-state index contributed by atoms with van der Waals surface area (Å²) < 4.78 is 5.25. The predicted octanol–water partition coefficient (Wildman–Crippen LogP) is 6.15. The molecule has 0 saturated heterocycles. The lowest BCUT2D eigenvalue weighted by atomic mass is 9.96. The van der Waals surface area contributed by atoms with Crippen LogP contribution in [0.4, 0.5) is 5.69 Å². The molecule has 1 N–H and O–H groups in total. The van der Waals surface area contributed by atoms with Gasteiger partial charge in [0.05, 0.1) is 12.8 Å². The molecule has 0 aliphatic carbocycles. The maximum absolute atomic E-state index is 13.3. The molecule has 0 radical (unpaired) electrons. The molecule has 4 rings (SSSR count). The molecule has 0 aliphatic heterocycles. The molecule has 4 nitrogen and oxygen atoms in total. The van der Waals surface area contributed by atoms with E-state index in [1.807, 2.05) is 67.6 Å². The van der Waals surface area contributed by atoms with E-state index < -0.39 is 0 Å². The molecule has 0 heterocycles. The van der Waals surface area contributed by atoms with E-state index in [1.165, 1.54) is 0 Å². The Morgan fingerprint density at radius 3 is 2.16 bits per heavy atom. The first-order valence-corrected chi connectivity index (χ1v) is 10.3. The highest BCUT2D eigenvalue weighted by Gasteiger charge is 2.18. The number of carbonyl (C=O) groups excluding carboxylic acids is 2. The lowest BCUT2D eigenvalue weighted by molar-refractivity contribution is 0.102. The maximum atomic E-state index is 13.3. The minimum Gasteiger partial charge on any atom is -0.497 e. The van der Waals surface area contributed by atoms with Gasteiger partial charge in [0.15, 0.2) is 5.78 Å². The lowest BCUT2D eigenvalue weighted by Crippen LogP contribution is -2.16. The molecule has 0 spiro atoms. The molecule has 0 fully saturated rings. The molecular formula is C28H23NO3. The van der Waals surface area contributed by atoms with E-state index >= 15 is 0 Å². The quantitative estimate of drug-likeness (QED) is 0.380. The number of ketones is 1.